The van der Waals surface area contributed by atoms with E-state index in [9.17, 15) is 14.4 Å². The molecule has 0 radical (unpaired) electrons. The molecule has 196 valence electrons. The number of para-hydroxylation sites is 1. The van der Waals surface area contributed by atoms with Crippen molar-refractivity contribution in [2.24, 2.45) is 0 Å². The number of amides is 2. The Bertz CT molecular complexity index is 1640. The van der Waals surface area contributed by atoms with Gasteiger partial charge in [-0.05, 0) is 47.0 Å². The monoisotopic (exact) mass is 523 g/mol. The molecule has 1 saturated heterocycles. The van der Waals surface area contributed by atoms with Crippen LogP contribution in [0.3, 0.4) is 0 Å². The molecule has 4 heterocycles. The van der Waals surface area contributed by atoms with E-state index in [2.05, 4.69) is 4.98 Å². The lowest BCUT2D eigenvalue weighted by atomic mass is 9.86. The summed E-state index contributed by atoms with van der Waals surface area (Å²) in [7, 11) is 1.34. The van der Waals surface area contributed by atoms with Crippen LogP contribution < -0.4 is 9.47 Å². The molecule has 3 aromatic carbocycles. The third-order valence-corrected chi connectivity index (χ3v) is 7.80. The number of H-pyrrole nitrogens is 1. The normalized spacial score (nSPS) is 19.7. The number of methoxy groups -OCH3 is 1. The quantitative estimate of drug-likeness (QED) is 0.411. The van der Waals surface area contributed by atoms with E-state index in [-0.39, 0.29) is 25.2 Å². The maximum Gasteiger partial charge on any atom is 0.337 e. The lowest BCUT2D eigenvalue weighted by molar-refractivity contribution is -0.159. The number of nitrogens with zero attached hydrogens (tertiary/aromatic N) is 2. The summed E-state index contributed by atoms with van der Waals surface area (Å²) in [5, 5.41) is 1.04. The Kier molecular flexibility index (Phi) is 5.33. The van der Waals surface area contributed by atoms with Crippen molar-refractivity contribution in [3.05, 3.63) is 94.7 Å². The smallest absolute Gasteiger partial charge is 0.337 e. The lowest BCUT2D eigenvalue weighted by Crippen LogP contribution is -2.62. The highest BCUT2D eigenvalue weighted by atomic mass is 16.7. The molecule has 1 fully saturated rings. The molecule has 39 heavy (non-hydrogen) atoms. The SMILES string of the molecule is COC(=O)c1ccc([C@H]2c3[nH]c4ccccc4c3C[C@H]3C(=O)N(Cc4ccc5c(c4)OCO5)CC(=O)N23)cc1. The molecule has 4 aromatic rings. The Morgan fingerprint density at radius 2 is 1.82 bits per heavy atom. The number of aromatic amines is 1. The van der Waals surface area contributed by atoms with E-state index in [1.54, 1.807) is 21.9 Å². The summed E-state index contributed by atoms with van der Waals surface area (Å²) in [6, 6.07) is 19.4. The van der Waals surface area contributed by atoms with Crippen molar-refractivity contribution in [2.45, 2.75) is 25.0 Å². The number of carbonyl (C=O) groups excluding carboxylic acids is 3. The molecule has 3 aliphatic rings. The van der Waals surface area contributed by atoms with E-state index >= 15 is 0 Å². The van der Waals surface area contributed by atoms with E-state index in [0.717, 1.165) is 33.3 Å². The second-order valence-corrected chi connectivity index (χ2v) is 9.98. The van der Waals surface area contributed by atoms with Gasteiger partial charge >= 0.3 is 5.97 Å². The van der Waals surface area contributed by atoms with Crippen LogP contribution in [0, 0.1) is 0 Å². The van der Waals surface area contributed by atoms with Crippen molar-refractivity contribution in [3.8, 4) is 11.5 Å². The van der Waals surface area contributed by atoms with Gasteiger partial charge in [0.25, 0.3) is 0 Å². The predicted molar refractivity (Wildman–Crippen MR) is 140 cm³/mol. The standard InChI is InChI=1S/C30H25N3O6/c1-37-30(36)19-9-7-18(8-10-19)28-27-21(20-4-2-3-5-22(20)31-27)13-23-29(35)32(15-26(34)33(23)28)14-17-6-11-24-25(12-17)39-16-38-24/h2-12,23,28,31H,13-16H2,1H3/t23-,28-/m0/s1. The first-order valence-corrected chi connectivity index (χ1v) is 12.8. The summed E-state index contributed by atoms with van der Waals surface area (Å²) in [5.41, 5.74) is 4.97. The first-order chi connectivity index (χ1) is 19.0. The fraction of sp³-hybridized carbons (Fsp3) is 0.233. The van der Waals surface area contributed by atoms with Gasteiger partial charge in [0.15, 0.2) is 11.5 Å². The fourth-order valence-electron chi connectivity index (χ4n) is 5.98. The Morgan fingerprint density at radius 3 is 2.64 bits per heavy atom. The number of piperazine rings is 1. The molecule has 9 nitrogen and oxygen atoms in total. The molecule has 0 bridgehead atoms. The molecule has 1 N–H and O–H groups in total. The minimum absolute atomic E-state index is 0.0317. The molecule has 0 spiro atoms. The van der Waals surface area contributed by atoms with Gasteiger partial charge in [-0.2, -0.15) is 0 Å². The number of esters is 1. The van der Waals surface area contributed by atoms with Crippen molar-refractivity contribution in [1.82, 2.24) is 14.8 Å². The highest BCUT2D eigenvalue weighted by Gasteiger charge is 2.48. The van der Waals surface area contributed by atoms with Crippen molar-refractivity contribution < 1.29 is 28.6 Å². The maximum absolute atomic E-state index is 14.0. The molecule has 0 aliphatic carbocycles. The number of hydrogen-bond acceptors (Lipinski definition) is 6. The Hall–Kier alpha value is -4.79. The third-order valence-electron chi connectivity index (χ3n) is 7.80. The number of rotatable bonds is 4. The molecular formula is C30H25N3O6. The van der Waals surface area contributed by atoms with E-state index in [0.29, 0.717) is 30.0 Å². The molecule has 0 saturated carbocycles. The van der Waals surface area contributed by atoms with Gasteiger partial charge in [0.1, 0.15) is 12.6 Å². The van der Waals surface area contributed by atoms with Gasteiger partial charge in [0, 0.05) is 29.6 Å². The number of carbonyl (C=O) groups is 3. The van der Waals surface area contributed by atoms with Crippen LogP contribution in [-0.4, -0.2) is 59.1 Å². The highest BCUT2D eigenvalue weighted by Crippen LogP contribution is 2.43. The summed E-state index contributed by atoms with van der Waals surface area (Å²) in [6.07, 6.45) is 0.415. The number of hydrogen-bond donors (Lipinski definition) is 1. The van der Waals surface area contributed by atoms with Gasteiger partial charge in [0.05, 0.1) is 18.7 Å². The van der Waals surface area contributed by atoms with Crippen molar-refractivity contribution in [2.75, 3.05) is 20.4 Å². The largest absolute Gasteiger partial charge is 0.465 e. The zero-order valence-corrected chi connectivity index (χ0v) is 21.2. The van der Waals surface area contributed by atoms with E-state index < -0.39 is 18.1 Å². The van der Waals surface area contributed by atoms with Crippen LogP contribution in [0.5, 0.6) is 11.5 Å². The van der Waals surface area contributed by atoms with Crippen LogP contribution >= 0.6 is 0 Å². The van der Waals surface area contributed by atoms with E-state index in [4.69, 9.17) is 14.2 Å². The van der Waals surface area contributed by atoms with Crippen molar-refractivity contribution in [3.63, 3.8) is 0 Å². The average Bonchev–Trinajstić information content (AvgIpc) is 3.58. The Balaban J connectivity index is 1.28. The first-order valence-electron chi connectivity index (χ1n) is 12.8. The number of benzene rings is 3. The molecule has 9 heteroatoms. The predicted octanol–water partition coefficient (Wildman–Crippen LogP) is 3.57. The maximum atomic E-state index is 14.0. The fourth-order valence-corrected chi connectivity index (χ4v) is 5.98. The first kappa shape index (κ1) is 23.3. The molecule has 7 rings (SSSR count). The summed E-state index contributed by atoms with van der Waals surface area (Å²) in [6.45, 7) is 0.437. The number of ether oxygens (including phenoxy) is 3. The van der Waals surface area contributed by atoms with Gasteiger partial charge in [-0.15, -0.1) is 0 Å². The minimum Gasteiger partial charge on any atom is -0.465 e. The van der Waals surface area contributed by atoms with E-state index in [1.165, 1.54) is 7.11 Å². The Labute approximate surface area is 223 Å². The number of aromatic nitrogens is 1. The molecule has 1 aromatic heterocycles. The Morgan fingerprint density at radius 1 is 1.03 bits per heavy atom. The molecule has 3 aliphatic heterocycles. The molecular weight excluding hydrogens is 498 g/mol. The van der Waals surface area contributed by atoms with Gasteiger partial charge in [0.2, 0.25) is 18.6 Å². The van der Waals surface area contributed by atoms with Gasteiger partial charge in [-0.3, -0.25) is 9.59 Å². The van der Waals surface area contributed by atoms with Crippen LogP contribution in [0.25, 0.3) is 10.9 Å². The molecule has 2 atom stereocenters. The van der Waals surface area contributed by atoms with Crippen LogP contribution in [0.15, 0.2) is 66.7 Å². The third kappa shape index (κ3) is 3.72. The summed E-state index contributed by atoms with van der Waals surface area (Å²) < 4.78 is 15.7. The number of fused-ring (bicyclic) bond motifs is 5. The van der Waals surface area contributed by atoms with Gasteiger partial charge < -0.3 is 29.0 Å². The second-order valence-electron chi connectivity index (χ2n) is 9.98. The summed E-state index contributed by atoms with van der Waals surface area (Å²) >= 11 is 0. The number of nitrogens with one attached hydrogen (secondary N) is 1. The zero-order valence-electron chi connectivity index (χ0n) is 21.2. The second kappa shape index (κ2) is 8.90. The van der Waals surface area contributed by atoms with Crippen LogP contribution in [-0.2, 0) is 27.3 Å². The molecule has 0 unspecified atom stereocenters. The van der Waals surface area contributed by atoms with Crippen molar-refractivity contribution in [1.29, 1.82) is 0 Å². The van der Waals surface area contributed by atoms with Crippen LogP contribution in [0.2, 0.25) is 0 Å². The molecule has 2 amide bonds. The average molecular weight is 524 g/mol. The minimum atomic E-state index is -0.655. The van der Waals surface area contributed by atoms with Crippen molar-refractivity contribution >= 4 is 28.7 Å². The summed E-state index contributed by atoms with van der Waals surface area (Å²) in [4.78, 5) is 46.7. The van der Waals surface area contributed by atoms with Crippen LogP contribution in [0.4, 0.5) is 0 Å². The summed E-state index contributed by atoms with van der Waals surface area (Å²) in [5.74, 6) is 0.650. The van der Waals surface area contributed by atoms with Gasteiger partial charge in [-0.25, -0.2) is 4.79 Å². The zero-order chi connectivity index (χ0) is 26.7. The topological polar surface area (TPSA) is 101 Å². The van der Waals surface area contributed by atoms with Gasteiger partial charge in [-0.1, -0.05) is 36.4 Å². The highest BCUT2D eigenvalue weighted by molar-refractivity contribution is 5.97. The van der Waals surface area contributed by atoms with E-state index in [1.807, 2.05) is 54.6 Å². The lowest BCUT2D eigenvalue weighted by Gasteiger charge is -2.47. The van der Waals surface area contributed by atoms with Crippen LogP contribution in [0.1, 0.15) is 38.8 Å².